The Morgan fingerprint density at radius 2 is 1.76 bits per heavy atom. The van der Waals surface area contributed by atoms with Gasteiger partial charge in [0.15, 0.2) is 0 Å². The molecule has 2 aromatic rings. The highest BCUT2D eigenvalue weighted by molar-refractivity contribution is 7.90. The summed E-state index contributed by atoms with van der Waals surface area (Å²) in [5, 5.41) is 2.35. The van der Waals surface area contributed by atoms with Crippen LogP contribution in [0.25, 0.3) is 11.1 Å². The molecule has 0 aliphatic carbocycles. The van der Waals surface area contributed by atoms with Gasteiger partial charge in [-0.15, -0.1) is 0 Å². The summed E-state index contributed by atoms with van der Waals surface area (Å²) in [5.41, 5.74) is 3.95. The molecule has 0 unspecified atom stereocenters. The Balaban J connectivity index is 1.81. The highest BCUT2D eigenvalue weighted by Gasteiger charge is 2.35. The Morgan fingerprint density at radius 1 is 1.07 bits per heavy atom. The second-order valence-electron chi connectivity index (χ2n) is 8.03. The molecule has 1 fully saturated rings. The zero-order chi connectivity index (χ0) is 21.2. The summed E-state index contributed by atoms with van der Waals surface area (Å²) in [4.78, 5) is 13.4. The fraction of sp³-hybridized carbons (Fsp3) is 0.409. The van der Waals surface area contributed by atoms with Gasteiger partial charge in [-0.1, -0.05) is 36.4 Å². The Hall–Kier alpha value is -2.22. The van der Waals surface area contributed by atoms with E-state index in [0.717, 1.165) is 28.9 Å². The van der Waals surface area contributed by atoms with E-state index in [9.17, 15) is 13.2 Å². The topological polar surface area (TPSA) is 78.5 Å². The van der Waals surface area contributed by atoms with E-state index in [1.54, 1.807) is 13.8 Å². The molecule has 0 saturated carbocycles. The van der Waals surface area contributed by atoms with Crippen molar-refractivity contribution in [1.82, 2.24) is 9.62 Å². The summed E-state index contributed by atoms with van der Waals surface area (Å²) in [6.45, 7) is 6.38. The number of sulfonamides is 1. The van der Waals surface area contributed by atoms with Crippen LogP contribution in [0.5, 0.6) is 0 Å². The van der Waals surface area contributed by atoms with E-state index in [1.165, 1.54) is 6.92 Å². The Labute approximate surface area is 173 Å². The smallest absolute Gasteiger partial charge is 0.221 e. The lowest BCUT2D eigenvalue weighted by molar-refractivity contribution is -0.114. The molecule has 0 radical (unpaired) electrons. The molecule has 0 spiro atoms. The van der Waals surface area contributed by atoms with Crippen LogP contribution in [0.3, 0.4) is 0 Å². The standard InChI is InChI=1S/C22H29N3O3S/c1-15(2)29(27,28)24-22-14-25(4)13-21(22)18-10-8-17(9-11-18)19-6-5-7-20(12-19)23-16(3)26/h5-12,15,21-22,24H,13-14H2,1-4H3,(H,23,26)/t21-,22+/m0/s1. The van der Waals surface area contributed by atoms with Crippen LogP contribution < -0.4 is 10.0 Å². The number of rotatable bonds is 6. The van der Waals surface area contributed by atoms with Crippen molar-refractivity contribution in [1.29, 1.82) is 0 Å². The highest BCUT2D eigenvalue weighted by Crippen LogP contribution is 2.30. The number of amides is 1. The first-order chi connectivity index (χ1) is 13.7. The van der Waals surface area contributed by atoms with Gasteiger partial charge in [0, 0.05) is 37.7 Å². The summed E-state index contributed by atoms with van der Waals surface area (Å²) >= 11 is 0. The van der Waals surface area contributed by atoms with E-state index in [-0.39, 0.29) is 17.9 Å². The van der Waals surface area contributed by atoms with Crippen LogP contribution in [-0.2, 0) is 14.8 Å². The van der Waals surface area contributed by atoms with Crippen LogP contribution in [-0.4, -0.2) is 50.7 Å². The van der Waals surface area contributed by atoms with E-state index in [4.69, 9.17) is 0 Å². The molecule has 156 valence electrons. The van der Waals surface area contributed by atoms with Crippen molar-refractivity contribution < 1.29 is 13.2 Å². The molecule has 1 aliphatic rings. The molecule has 1 aliphatic heterocycles. The molecule has 6 nitrogen and oxygen atoms in total. The van der Waals surface area contributed by atoms with E-state index in [2.05, 4.69) is 39.2 Å². The predicted molar refractivity (Wildman–Crippen MR) is 117 cm³/mol. The zero-order valence-corrected chi connectivity index (χ0v) is 18.2. The minimum atomic E-state index is -3.32. The summed E-state index contributed by atoms with van der Waals surface area (Å²) in [7, 11) is -1.31. The molecular weight excluding hydrogens is 386 g/mol. The summed E-state index contributed by atoms with van der Waals surface area (Å²) in [6, 6.07) is 15.8. The number of likely N-dealkylation sites (N-methyl/N-ethyl adjacent to an activating group) is 1. The molecule has 29 heavy (non-hydrogen) atoms. The average Bonchev–Trinajstić information content (AvgIpc) is 3.01. The fourth-order valence-corrected chi connectivity index (χ4v) is 4.64. The summed E-state index contributed by atoms with van der Waals surface area (Å²) in [6.07, 6.45) is 0. The Morgan fingerprint density at radius 3 is 2.38 bits per heavy atom. The van der Waals surface area contributed by atoms with E-state index < -0.39 is 15.3 Å². The summed E-state index contributed by atoms with van der Waals surface area (Å²) < 4.78 is 27.6. The van der Waals surface area contributed by atoms with Gasteiger partial charge in [0.05, 0.1) is 5.25 Å². The Kier molecular flexibility index (Phi) is 6.41. The van der Waals surface area contributed by atoms with Crippen molar-refractivity contribution in [2.75, 3.05) is 25.5 Å². The third-order valence-electron chi connectivity index (χ3n) is 5.29. The average molecular weight is 416 g/mol. The third-order valence-corrected chi connectivity index (χ3v) is 7.17. The first-order valence-corrected chi connectivity index (χ1v) is 11.4. The number of likely N-dealkylation sites (tertiary alicyclic amines) is 1. The third kappa shape index (κ3) is 5.23. The molecule has 2 N–H and O–H groups in total. The lowest BCUT2D eigenvalue weighted by Gasteiger charge is -2.22. The number of hydrogen-bond donors (Lipinski definition) is 2. The van der Waals surface area contributed by atoms with Crippen LogP contribution in [0.4, 0.5) is 5.69 Å². The number of nitrogens with zero attached hydrogens (tertiary/aromatic N) is 1. The van der Waals surface area contributed by atoms with Crippen LogP contribution in [0.15, 0.2) is 48.5 Å². The largest absolute Gasteiger partial charge is 0.326 e. The van der Waals surface area contributed by atoms with Gasteiger partial charge >= 0.3 is 0 Å². The van der Waals surface area contributed by atoms with Crippen LogP contribution in [0.2, 0.25) is 0 Å². The number of hydrogen-bond acceptors (Lipinski definition) is 4. The molecule has 3 rings (SSSR count). The molecule has 2 atom stereocenters. The van der Waals surface area contributed by atoms with Gasteiger partial charge in [-0.2, -0.15) is 0 Å². The number of carbonyl (C=O) groups is 1. The van der Waals surface area contributed by atoms with Gasteiger partial charge in [-0.05, 0) is 49.7 Å². The molecule has 7 heteroatoms. The minimum absolute atomic E-state index is 0.0993. The monoisotopic (exact) mass is 415 g/mol. The van der Waals surface area contributed by atoms with Gasteiger partial charge in [0.1, 0.15) is 0 Å². The second-order valence-corrected chi connectivity index (χ2v) is 10.3. The van der Waals surface area contributed by atoms with Gasteiger partial charge in [0.2, 0.25) is 15.9 Å². The normalized spacial score (nSPS) is 20.2. The maximum Gasteiger partial charge on any atom is 0.221 e. The molecule has 0 bridgehead atoms. The van der Waals surface area contributed by atoms with Crippen molar-refractivity contribution in [3.05, 3.63) is 54.1 Å². The minimum Gasteiger partial charge on any atom is -0.326 e. The van der Waals surface area contributed by atoms with Gasteiger partial charge < -0.3 is 10.2 Å². The first kappa shape index (κ1) is 21.5. The maximum absolute atomic E-state index is 12.4. The van der Waals surface area contributed by atoms with Gasteiger partial charge in [-0.3, -0.25) is 4.79 Å². The molecule has 2 aromatic carbocycles. The molecular formula is C22H29N3O3S. The van der Waals surface area contributed by atoms with Crippen molar-refractivity contribution in [3.8, 4) is 11.1 Å². The van der Waals surface area contributed by atoms with Crippen molar-refractivity contribution in [2.24, 2.45) is 0 Å². The van der Waals surface area contributed by atoms with Crippen LogP contribution in [0.1, 0.15) is 32.3 Å². The number of carbonyl (C=O) groups excluding carboxylic acids is 1. The number of anilines is 1. The van der Waals surface area contributed by atoms with E-state index in [0.29, 0.717) is 6.54 Å². The predicted octanol–water partition coefficient (Wildman–Crippen LogP) is 3.04. The van der Waals surface area contributed by atoms with Gasteiger partial charge in [0.25, 0.3) is 0 Å². The fourth-order valence-electron chi connectivity index (χ4n) is 3.71. The molecule has 0 aromatic heterocycles. The van der Waals surface area contributed by atoms with Crippen molar-refractivity contribution in [3.63, 3.8) is 0 Å². The van der Waals surface area contributed by atoms with E-state index >= 15 is 0 Å². The van der Waals surface area contributed by atoms with Crippen LogP contribution >= 0.6 is 0 Å². The van der Waals surface area contributed by atoms with Crippen molar-refractivity contribution in [2.45, 2.75) is 38.0 Å². The lowest BCUT2D eigenvalue weighted by atomic mass is 9.93. The van der Waals surface area contributed by atoms with E-state index in [1.807, 2.05) is 31.3 Å². The van der Waals surface area contributed by atoms with Crippen molar-refractivity contribution >= 4 is 21.6 Å². The molecule has 1 amide bonds. The van der Waals surface area contributed by atoms with Gasteiger partial charge in [-0.25, -0.2) is 13.1 Å². The zero-order valence-electron chi connectivity index (χ0n) is 17.3. The number of nitrogens with one attached hydrogen (secondary N) is 2. The lowest BCUT2D eigenvalue weighted by Crippen LogP contribution is -2.42. The molecule has 1 saturated heterocycles. The SMILES string of the molecule is CC(=O)Nc1cccc(-c2ccc([C@@H]3CN(C)C[C@H]3NS(=O)(=O)C(C)C)cc2)c1. The quantitative estimate of drug-likeness (QED) is 0.760. The summed E-state index contributed by atoms with van der Waals surface area (Å²) in [5.74, 6) is 0.00558. The highest BCUT2D eigenvalue weighted by atomic mass is 32.2. The molecule has 1 heterocycles. The van der Waals surface area contributed by atoms with Crippen LogP contribution in [0, 0.1) is 0 Å². The first-order valence-electron chi connectivity index (χ1n) is 9.83. The number of benzene rings is 2. The maximum atomic E-state index is 12.4. The Bertz CT molecular complexity index is 971. The second kappa shape index (κ2) is 8.65.